The number of carbonyl (C=O) groups excluding carboxylic acids is 2. The van der Waals surface area contributed by atoms with Crippen molar-refractivity contribution in [3.05, 3.63) is 51.3 Å². The van der Waals surface area contributed by atoms with Crippen molar-refractivity contribution in [1.82, 2.24) is 0 Å². The molecule has 0 amide bonds. The Morgan fingerprint density at radius 3 is 2.21 bits per heavy atom. The molecule has 1 aromatic carbocycles. The van der Waals surface area contributed by atoms with E-state index in [0.717, 1.165) is 0 Å². The predicted octanol–water partition coefficient (Wildman–Crippen LogP) is 2.44. The highest BCUT2D eigenvalue weighted by atomic mass is 16.6. The van der Waals surface area contributed by atoms with E-state index in [-0.39, 0.29) is 29.2 Å². The molecule has 7 nitrogen and oxygen atoms in total. The lowest BCUT2D eigenvalue weighted by Gasteiger charge is -2.41. The van der Waals surface area contributed by atoms with E-state index in [1.807, 2.05) is 0 Å². The molecule has 0 spiro atoms. The van der Waals surface area contributed by atoms with Gasteiger partial charge in [0.25, 0.3) is 5.69 Å². The summed E-state index contributed by atoms with van der Waals surface area (Å²) in [7, 11) is 0. The molecule has 2 N–H and O–H groups in total. The molecule has 128 valence electrons. The summed E-state index contributed by atoms with van der Waals surface area (Å²) in [6.45, 7) is 4.03. The normalized spacial score (nSPS) is 27.0. The Morgan fingerprint density at radius 1 is 1.25 bits per heavy atom. The van der Waals surface area contributed by atoms with Gasteiger partial charge in [0.2, 0.25) is 0 Å². The Hall–Kier alpha value is -2.54. The van der Waals surface area contributed by atoms with Crippen LogP contribution >= 0.6 is 0 Å². The molecule has 3 atom stereocenters. The van der Waals surface area contributed by atoms with E-state index in [2.05, 4.69) is 0 Å². The maximum atomic E-state index is 12.2. The number of non-ortho nitro benzene ring substituents is 1. The molecule has 0 saturated carbocycles. The van der Waals surface area contributed by atoms with Crippen molar-refractivity contribution < 1.29 is 24.7 Å². The van der Waals surface area contributed by atoms with Crippen LogP contribution in [0.4, 0.5) is 5.69 Å². The first-order chi connectivity index (χ1) is 11.1. The van der Waals surface area contributed by atoms with Crippen molar-refractivity contribution in [1.29, 1.82) is 0 Å². The fourth-order valence-corrected chi connectivity index (χ4v) is 3.51. The van der Waals surface area contributed by atoms with Crippen LogP contribution in [0.25, 0.3) is 0 Å². The Labute approximate surface area is 138 Å². The van der Waals surface area contributed by atoms with Crippen molar-refractivity contribution in [3.63, 3.8) is 0 Å². The highest BCUT2D eigenvalue weighted by Crippen LogP contribution is 2.47. The first-order valence-electron chi connectivity index (χ1n) is 7.46. The minimum absolute atomic E-state index is 0.0654. The van der Waals surface area contributed by atoms with Crippen LogP contribution in [0.5, 0.6) is 0 Å². The largest absolute Gasteiger partial charge is 0.512 e. The highest BCUT2D eigenvalue weighted by Gasteiger charge is 2.49. The van der Waals surface area contributed by atoms with Crippen molar-refractivity contribution in [2.75, 3.05) is 0 Å². The molecule has 1 aliphatic rings. The Bertz CT molecular complexity index is 732. The van der Waals surface area contributed by atoms with Gasteiger partial charge in [0, 0.05) is 30.0 Å². The third-order valence-electron chi connectivity index (χ3n) is 4.43. The number of rotatable bonds is 4. The van der Waals surface area contributed by atoms with Gasteiger partial charge in [-0.1, -0.05) is 12.1 Å². The fourth-order valence-electron chi connectivity index (χ4n) is 3.51. The van der Waals surface area contributed by atoms with Gasteiger partial charge in [0.1, 0.15) is 11.5 Å². The Morgan fingerprint density at radius 2 is 1.79 bits per heavy atom. The molecule has 0 radical (unpaired) electrons. The molecule has 0 saturated heterocycles. The van der Waals surface area contributed by atoms with Crippen LogP contribution < -0.4 is 0 Å². The van der Waals surface area contributed by atoms with Crippen molar-refractivity contribution in [2.24, 2.45) is 5.92 Å². The van der Waals surface area contributed by atoms with Gasteiger partial charge in [0.15, 0.2) is 5.78 Å². The number of ketones is 2. The standard InChI is InChI=1S/C17H19NO6/c1-9(19)14-13(21)8-17(3,22)16(10(2)20)15(14)11-4-6-12(7-5-11)18(23)24/h4-7,15-16,21-22H,8H2,1-3H3/t15-,16-,17-/m0/s1. The molecule has 1 aliphatic carbocycles. The number of hydrogen-bond donors (Lipinski definition) is 2. The minimum atomic E-state index is -1.53. The summed E-state index contributed by atoms with van der Waals surface area (Å²) in [5, 5.41) is 31.6. The second-order valence-electron chi connectivity index (χ2n) is 6.37. The van der Waals surface area contributed by atoms with Gasteiger partial charge in [-0.15, -0.1) is 0 Å². The number of benzene rings is 1. The summed E-state index contributed by atoms with van der Waals surface area (Å²) in [4.78, 5) is 34.4. The van der Waals surface area contributed by atoms with E-state index in [1.165, 1.54) is 45.0 Å². The number of nitro benzene ring substituents is 1. The molecule has 24 heavy (non-hydrogen) atoms. The lowest BCUT2D eigenvalue weighted by molar-refractivity contribution is -0.384. The summed E-state index contributed by atoms with van der Waals surface area (Å²) in [5.41, 5.74) is -1.13. The van der Waals surface area contributed by atoms with E-state index in [4.69, 9.17) is 0 Å². The summed E-state index contributed by atoms with van der Waals surface area (Å²) in [6.07, 6.45) is -0.199. The maximum Gasteiger partial charge on any atom is 0.269 e. The molecule has 2 rings (SSSR count). The molecule has 0 fully saturated rings. The number of aliphatic hydroxyl groups excluding tert-OH is 1. The van der Waals surface area contributed by atoms with Gasteiger partial charge in [-0.2, -0.15) is 0 Å². The third-order valence-corrected chi connectivity index (χ3v) is 4.43. The van der Waals surface area contributed by atoms with Gasteiger partial charge >= 0.3 is 0 Å². The smallest absolute Gasteiger partial charge is 0.269 e. The fraction of sp³-hybridized carbons (Fsp3) is 0.412. The van der Waals surface area contributed by atoms with E-state index in [0.29, 0.717) is 5.56 Å². The molecule has 7 heteroatoms. The number of allylic oxidation sites excluding steroid dienone is 1. The first-order valence-corrected chi connectivity index (χ1v) is 7.46. The number of aliphatic hydroxyl groups is 2. The highest BCUT2D eigenvalue weighted by molar-refractivity contribution is 5.97. The first kappa shape index (κ1) is 17.8. The topological polar surface area (TPSA) is 118 Å². The van der Waals surface area contributed by atoms with E-state index in [9.17, 15) is 29.9 Å². The third kappa shape index (κ3) is 3.07. The van der Waals surface area contributed by atoms with Crippen molar-refractivity contribution in [3.8, 4) is 0 Å². The lowest BCUT2D eigenvalue weighted by Crippen LogP contribution is -2.47. The molecular weight excluding hydrogens is 314 g/mol. The SMILES string of the molecule is CC(=O)C1=C(O)C[C@](C)(O)[C@@H](C(C)=O)[C@H]1c1ccc([N+](=O)[O-])cc1. The molecule has 0 unspecified atom stereocenters. The van der Waals surface area contributed by atoms with Crippen LogP contribution in [0.15, 0.2) is 35.6 Å². The number of hydrogen-bond acceptors (Lipinski definition) is 6. The second kappa shape index (κ2) is 6.16. The average molecular weight is 333 g/mol. The van der Waals surface area contributed by atoms with Crippen LogP contribution in [0.3, 0.4) is 0 Å². The van der Waals surface area contributed by atoms with E-state index < -0.39 is 28.1 Å². The number of nitro groups is 1. The summed E-state index contributed by atoms with van der Waals surface area (Å²) in [6, 6.07) is 5.42. The number of nitrogens with zero attached hydrogens (tertiary/aromatic N) is 1. The van der Waals surface area contributed by atoms with Gasteiger partial charge in [-0.25, -0.2) is 0 Å². The van der Waals surface area contributed by atoms with Crippen LogP contribution in [-0.4, -0.2) is 32.3 Å². The maximum absolute atomic E-state index is 12.2. The Kier molecular flexibility index (Phi) is 4.57. The zero-order valence-corrected chi connectivity index (χ0v) is 13.6. The van der Waals surface area contributed by atoms with Crippen molar-refractivity contribution in [2.45, 2.75) is 38.7 Å². The number of Topliss-reactive ketones (excluding diaryl/α,β-unsaturated/α-hetero) is 2. The van der Waals surface area contributed by atoms with Gasteiger partial charge in [0.05, 0.1) is 16.4 Å². The molecule has 0 aliphatic heterocycles. The lowest BCUT2D eigenvalue weighted by atomic mass is 9.64. The van der Waals surface area contributed by atoms with Gasteiger partial charge in [-0.05, 0) is 26.3 Å². The van der Waals surface area contributed by atoms with Gasteiger partial charge < -0.3 is 10.2 Å². The predicted molar refractivity (Wildman–Crippen MR) is 85.6 cm³/mol. The quantitative estimate of drug-likeness (QED) is 0.645. The number of carbonyl (C=O) groups is 2. The van der Waals surface area contributed by atoms with E-state index >= 15 is 0 Å². The van der Waals surface area contributed by atoms with Crippen LogP contribution in [0, 0.1) is 16.0 Å². The monoisotopic (exact) mass is 333 g/mol. The van der Waals surface area contributed by atoms with Crippen molar-refractivity contribution >= 4 is 17.3 Å². The zero-order chi connectivity index (χ0) is 18.2. The average Bonchev–Trinajstić information content (AvgIpc) is 2.44. The summed E-state index contributed by atoms with van der Waals surface area (Å²) in [5.74, 6) is -2.78. The summed E-state index contributed by atoms with van der Waals surface area (Å²) >= 11 is 0. The van der Waals surface area contributed by atoms with Crippen LogP contribution in [-0.2, 0) is 9.59 Å². The van der Waals surface area contributed by atoms with E-state index in [1.54, 1.807) is 0 Å². The minimum Gasteiger partial charge on any atom is -0.512 e. The van der Waals surface area contributed by atoms with Gasteiger partial charge in [-0.3, -0.25) is 19.7 Å². The van der Waals surface area contributed by atoms with Crippen LogP contribution in [0.1, 0.15) is 38.7 Å². The second-order valence-corrected chi connectivity index (χ2v) is 6.37. The molecule has 1 aromatic rings. The zero-order valence-electron chi connectivity index (χ0n) is 13.6. The molecule has 0 bridgehead atoms. The molecule has 0 aromatic heterocycles. The summed E-state index contributed by atoms with van der Waals surface area (Å²) < 4.78 is 0. The molecular formula is C17H19NO6. The Balaban J connectivity index is 2.66. The molecule has 0 heterocycles. The van der Waals surface area contributed by atoms with Crippen LogP contribution in [0.2, 0.25) is 0 Å².